The zero-order valence-corrected chi connectivity index (χ0v) is 15.4. The fourth-order valence-electron chi connectivity index (χ4n) is 4.56. The number of ether oxygens (including phenoxy) is 1. The number of fused-ring (bicyclic) bond motifs is 3. The number of rotatable bonds is 3. The summed E-state index contributed by atoms with van der Waals surface area (Å²) >= 11 is 0. The Labute approximate surface area is 160 Å². The molecule has 28 heavy (non-hydrogen) atoms. The fourth-order valence-corrected chi connectivity index (χ4v) is 4.56. The Morgan fingerprint density at radius 2 is 2.18 bits per heavy atom. The van der Waals surface area contributed by atoms with E-state index in [-0.39, 0.29) is 19.0 Å². The maximum atomic E-state index is 13.8. The third kappa shape index (κ3) is 3.27. The van der Waals surface area contributed by atoms with Crippen molar-refractivity contribution in [2.75, 3.05) is 19.7 Å². The van der Waals surface area contributed by atoms with Crippen molar-refractivity contribution < 1.29 is 22.7 Å². The molecule has 1 saturated heterocycles. The summed E-state index contributed by atoms with van der Waals surface area (Å²) in [6.07, 6.45) is -1.24. The predicted octanol–water partition coefficient (Wildman–Crippen LogP) is 3.05. The highest BCUT2D eigenvalue weighted by Crippen LogP contribution is 2.50. The topological polar surface area (TPSA) is 67.2 Å². The number of pyridine rings is 1. The van der Waals surface area contributed by atoms with Crippen molar-refractivity contribution in [3.05, 3.63) is 18.3 Å². The highest BCUT2D eigenvalue weighted by molar-refractivity contribution is 5.93. The van der Waals surface area contributed by atoms with Crippen LogP contribution in [-0.2, 0) is 4.79 Å². The normalized spacial score (nSPS) is 31.1. The van der Waals surface area contributed by atoms with E-state index in [9.17, 15) is 18.0 Å². The molecule has 0 aromatic carbocycles. The summed E-state index contributed by atoms with van der Waals surface area (Å²) in [5, 5.41) is 0. The smallest absolute Gasteiger partial charge is 0.392 e. The highest BCUT2D eigenvalue weighted by atomic mass is 19.4. The monoisotopic (exact) mass is 394 g/mol. The van der Waals surface area contributed by atoms with Crippen LogP contribution in [0.5, 0.6) is 5.88 Å². The van der Waals surface area contributed by atoms with Crippen LogP contribution in [0.2, 0.25) is 0 Å². The van der Waals surface area contributed by atoms with E-state index in [1.807, 2.05) is 0 Å². The lowest BCUT2D eigenvalue weighted by molar-refractivity contribution is -0.194. The SMILES string of the molecule is CCOc1ncccc1N=C1CC2C(C(=O)N3CC=NCC23)C(C(F)(F)F)C1. The molecular formula is C19H21F3N4O2. The van der Waals surface area contributed by atoms with Gasteiger partial charge in [-0.05, 0) is 37.8 Å². The van der Waals surface area contributed by atoms with E-state index in [4.69, 9.17) is 4.74 Å². The molecule has 0 N–H and O–H groups in total. The minimum absolute atomic E-state index is 0.279. The van der Waals surface area contributed by atoms with Crippen LogP contribution in [0, 0.1) is 17.8 Å². The predicted molar refractivity (Wildman–Crippen MR) is 97.1 cm³/mol. The van der Waals surface area contributed by atoms with Crippen LogP contribution in [0.4, 0.5) is 18.9 Å². The average Bonchev–Trinajstić information content (AvgIpc) is 2.95. The van der Waals surface area contributed by atoms with E-state index in [0.29, 0.717) is 36.9 Å². The molecule has 0 bridgehead atoms. The lowest BCUT2D eigenvalue weighted by atomic mass is 9.70. The van der Waals surface area contributed by atoms with E-state index in [2.05, 4.69) is 15.0 Å². The molecule has 150 valence electrons. The number of aromatic nitrogens is 1. The van der Waals surface area contributed by atoms with Gasteiger partial charge in [-0.3, -0.25) is 14.8 Å². The standard InChI is InChI=1S/C19H21F3N4O2/c1-2-28-17-14(4-3-5-24-17)25-11-8-12-15-10-23-6-7-26(15)18(27)16(12)13(9-11)19(20,21)22/h3-6,12-13,15-16H,2,7-10H2,1H3. The minimum atomic E-state index is -4.47. The van der Waals surface area contributed by atoms with Crippen LogP contribution in [0.1, 0.15) is 19.8 Å². The van der Waals surface area contributed by atoms with Gasteiger partial charge in [0.1, 0.15) is 5.69 Å². The third-order valence-corrected chi connectivity index (χ3v) is 5.72. The molecule has 3 heterocycles. The Morgan fingerprint density at radius 1 is 1.36 bits per heavy atom. The zero-order chi connectivity index (χ0) is 19.9. The molecule has 2 fully saturated rings. The van der Waals surface area contributed by atoms with Crippen molar-refractivity contribution in [3.8, 4) is 5.88 Å². The van der Waals surface area contributed by atoms with Crippen molar-refractivity contribution in [1.29, 1.82) is 0 Å². The van der Waals surface area contributed by atoms with Gasteiger partial charge in [0.2, 0.25) is 11.8 Å². The van der Waals surface area contributed by atoms with Crippen molar-refractivity contribution >= 4 is 23.5 Å². The van der Waals surface area contributed by atoms with Crippen LogP contribution in [0.25, 0.3) is 0 Å². The quantitative estimate of drug-likeness (QED) is 0.791. The molecule has 4 rings (SSSR count). The van der Waals surface area contributed by atoms with Gasteiger partial charge < -0.3 is 9.64 Å². The van der Waals surface area contributed by atoms with Crippen molar-refractivity contribution in [2.24, 2.45) is 27.7 Å². The Morgan fingerprint density at radius 3 is 2.93 bits per heavy atom. The summed E-state index contributed by atoms with van der Waals surface area (Å²) < 4.78 is 47.0. The average molecular weight is 394 g/mol. The van der Waals surface area contributed by atoms with Gasteiger partial charge in [-0.1, -0.05) is 0 Å². The van der Waals surface area contributed by atoms with Gasteiger partial charge in [-0.2, -0.15) is 13.2 Å². The van der Waals surface area contributed by atoms with E-state index < -0.39 is 29.8 Å². The molecule has 4 atom stereocenters. The molecule has 0 spiro atoms. The van der Waals surface area contributed by atoms with Crippen molar-refractivity contribution in [2.45, 2.75) is 32.0 Å². The summed E-state index contributed by atoms with van der Waals surface area (Å²) in [6.45, 7) is 2.82. The summed E-state index contributed by atoms with van der Waals surface area (Å²) in [4.78, 5) is 27.1. The van der Waals surface area contributed by atoms with Gasteiger partial charge in [0.15, 0.2) is 0 Å². The van der Waals surface area contributed by atoms with Crippen molar-refractivity contribution in [3.63, 3.8) is 0 Å². The summed E-state index contributed by atoms with van der Waals surface area (Å²) in [6, 6.07) is 3.06. The van der Waals surface area contributed by atoms with Crippen LogP contribution < -0.4 is 4.74 Å². The number of carbonyl (C=O) groups excluding carboxylic acids is 1. The van der Waals surface area contributed by atoms with Gasteiger partial charge in [-0.15, -0.1) is 0 Å². The first-order chi connectivity index (χ1) is 13.4. The Kier molecular flexibility index (Phi) is 4.84. The number of carbonyl (C=O) groups is 1. The largest absolute Gasteiger partial charge is 0.476 e. The molecule has 6 nitrogen and oxygen atoms in total. The Balaban J connectivity index is 1.70. The number of alkyl halides is 3. The maximum Gasteiger partial charge on any atom is 0.392 e. The maximum absolute atomic E-state index is 13.8. The summed E-state index contributed by atoms with van der Waals surface area (Å²) in [5.74, 6) is -3.31. The molecule has 4 unspecified atom stereocenters. The molecule has 1 aromatic rings. The number of aliphatic imine (C=N–C) groups is 2. The third-order valence-electron chi connectivity index (χ3n) is 5.72. The molecule has 0 radical (unpaired) electrons. The number of nitrogens with zero attached hydrogens (tertiary/aromatic N) is 4. The highest BCUT2D eigenvalue weighted by Gasteiger charge is 2.60. The second-order valence-electron chi connectivity index (χ2n) is 7.29. The molecule has 2 aliphatic heterocycles. The minimum Gasteiger partial charge on any atom is -0.476 e. The van der Waals surface area contributed by atoms with E-state index in [1.54, 1.807) is 36.4 Å². The summed E-state index contributed by atoms with van der Waals surface area (Å²) in [7, 11) is 0. The number of amides is 1. The lowest BCUT2D eigenvalue weighted by Crippen LogP contribution is -2.43. The van der Waals surface area contributed by atoms with Gasteiger partial charge in [0, 0.05) is 18.1 Å². The molecule has 1 aliphatic carbocycles. The van der Waals surface area contributed by atoms with Gasteiger partial charge >= 0.3 is 6.18 Å². The van der Waals surface area contributed by atoms with Gasteiger partial charge in [0.25, 0.3) is 0 Å². The summed E-state index contributed by atoms with van der Waals surface area (Å²) in [5.41, 5.74) is 0.850. The van der Waals surface area contributed by atoms with Gasteiger partial charge in [0.05, 0.1) is 37.6 Å². The molecule has 1 saturated carbocycles. The first-order valence-corrected chi connectivity index (χ1v) is 9.40. The van der Waals surface area contributed by atoms with Crippen molar-refractivity contribution in [1.82, 2.24) is 9.88 Å². The van der Waals surface area contributed by atoms with Crippen LogP contribution in [0.15, 0.2) is 28.3 Å². The number of hydrogen-bond donors (Lipinski definition) is 0. The number of hydrogen-bond acceptors (Lipinski definition) is 5. The first kappa shape index (κ1) is 18.9. The van der Waals surface area contributed by atoms with Crippen LogP contribution in [-0.4, -0.2) is 59.6 Å². The van der Waals surface area contributed by atoms with E-state index in [1.165, 1.54) is 0 Å². The molecule has 1 amide bonds. The Hall–Kier alpha value is -2.45. The second-order valence-corrected chi connectivity index (χ2v) is 7.29. The van der Waals surface area contributed by atoms with E-state index in [0.717, 1.165) is 0 Å². The van der Waals surface area contributed by atoms with E-state index >= 15 is 0 Å². The first-order valence-electron chi connectivity index (χ1n) is 9.40. The number of halogens is 3. The van der Waals surface area contributed by atoms with Crippen LogP contribution >= 0.6 is 0 Å². The molecule has 3 aliphatic rings. The second kappa shape index (κ2) is 7.18. The molecular weight excluding hydrogens is 373 g/mol. The van der Waals surface area contributed by atoms with Crippen LogP contribution in [0.3, 0.4) is 0 Å². The zero-order valence-electron chi connectivity index (χ0n) is 15.4. The Bertz CT molecular complexity index is 824. The molecule has 1 aromatic heterocycles. The van der Waals surface area contributed by atoms with Gasteiger partial charge in [-0.25, -0.2) is 4.98 Å². The fraction of sp³-hybridized carbons (Fsp3) is 0.579. The molecule has 9 heteroatoms. The lowest BCUT2D eigenvalue weighted by Gasteiger charge is -2.35.